The molecule has 0 aromatic heterocycles. The van der Waals surface area contributed by atoms with Gasteiger partial charge in [0.1, 0.15) is 0 Å². The van der Waals surface area contributed by atoms with Crippen molar-refractivity contribution in [1.82, 2.24) is 15.1 Å². The van der Waals surface area contributed by atoms with Crippen LogP contribution >= 0.6 is 0 Å². The second kappa shape index (κ2) is 15.6. The fraction of sp³-hybridized carbons (Fsp3) is 0.548. The van der Waals surface area contributed by atoms with Crippen LogP contribution in [0, 0.1) is 11.8 Å². The van der Waals surface area contributed by atoms with E-state index < -0.39 is 6.10 Å². The molecule has 1 heterocycles. The number of hydrogen-bond donors (Lipinski definition) is 1. The van der Waals surface area contributed by atoms with Crippen molar-refractivity contribution in [3.63, 3.8) is 0 Å². The molecule has 0 bridgehead atoms. The van der Waals surface area contributed by atoms with E-state index in [0.717, 1.165) is 25.1 Å². The number of likely N-dealkylation sites (N-methyl/N-ethyl adjacent to an activating group) is 1. The lowest BCUT2D eigenvalue weighted by Crippen LogP contribution is -2.44. The van der Waals surface area contributed by atoms with E-state index in [1.807, 2.05) is 56.1 Å². The zero-order valence-corrected chi connectivity index (χ0v) is 24.7. The molecule has 2 aromatic rings. The van der Waals surface area contributed by atoms with Crippen LogP contribution < -0.4 is 14.8 Å². The minimum absolute atomic E-state index is 0.00256. The molecule has 1 saturated heterocycles. The summed E-state index contributed by atoms with van der Waals surface area (Å²) in [6.07, 6.45) is 0.0909. The summed E-state index contributed by atoms with van der Waals surface area (Å²) >= 11 is 0. The first-order chi connectivity index (χ1) is 19.3. The standard InChI is InChI=1S/C31H45N3O6/c1-22(2)34(30(35)24-13-14-27(38-5)28(17-24)40-16-10-15-37-4)21-26-19-32-18-25(26)20-33(3)31(36)29(39-6)23-11-8-7-9-12-23/h7-9,11-14,17,22,25-26,29,32H,10,15-16,18-21H2,1-6H3/t25-,26-,29-/m0/s1. The van der Waals surface area contributed by atoms with E-state index in [-0.39, 0.29) is 29.7 Å². The Hall–Kier alpha value is -3.14. The van der Waals surface area contributed by atoms with E-state index in [2.05, 4.69) is 5.32 Å². The summed E-state index contributed by atoms with van der Waals surface area (Å²) in [6.45, 7) is 7.84. The molecule has 3 rings (SSSR count). The first-order valence-corrected chi connectivity index (χ1v) is 13.9. The van der Waals surface area contributed by atoms with Crippen LogP contribution in [0.2, 0.25) is 0 Å². The number of hydrogen-bond acceptors (Lipinski definition) is 7. The SMILES string of the molecule is COCCCOc1cc(C(=O)N(C[C@@H]2CNC[C@H]2CN(C)C(=O)[C@@H](OC)c2ccccc2)C(C)C)ccc1OC. The second-order valence-corrected chi connectivity index (χ2v) is 10.5. The third-order valence-electron chi connectivity index (χ3n) is 7.40. The number of amides is 2. The fourth-order valence-electron chi connectivity index (χ4n) is 5.12. The van der Waals surface area contributed by atoms with Gasteiger partial charge in [0, 0.05) is 72.1 Å². The largest absolute Gasteiger partial charge is 0.493 e. The number of nitrogens with zero attached hydrogens (tertiary/aromatic N) is 2. The number of methoxy groups -OCH3 is 3. The Morgan fingerprint density at radius 1 is 0.950 bits per heavy atom. The number of benzene rings is 2. The van der Waals surface area contributed by atoms with Crippen LogP contribution in [-0.4, -0.2) is 95.4 Å². The molecule has 3 atom stereocenters. The number of carbonyl (C=O) groups is 2. The number of carbonyl (C=O) groups excluding carboxylic acids is 2. The van der Waals surface area contributed by atoms with Gasteiger partial charge in [-0.3, -0.25) is 9.59 Å². The van der Waals surface area contributed by atoms with Crippen molar-refractivity contribution in [2.45, 2.75) is 32.4 Å². The van der Waals surface area contributed by atoms with E-state index in [1.54, 1.807) is 44.4 Å². The van der Waals surface area contributed by atoms with E-state index >= 15 is 0 Å². The van der Waals surface area contributed by atoms with Crippen molar-refractivity contribution in [2.75, 3.05) is 67.8 Å². The molecule has 9 heteroatoms. The predicted molar refractivity (Wildman–Crippen MR) is 155 cm³/mol. The van der Waals surface area contributed by atoms with Crippen molar-refractivity contribution in [1.29, 1.82) is 0 Å². The zero-order chi connectivity index (χ0) is 29.1. The molecule has 0 spiro atoms. The van der Waals surface area contributed by atoms with Crippen LogP contribution in [0.25, 0.3) is 0 Å². The van der Waals surface area contributed by atoms with Gasteiger partial charge in [-0.05, 0) is 49.4 Å². The summed E-state index contributed by atoms with van der Waals surface area (Å²) in [7, 11) is 6.62. The summed E-state index contributed by atoms with van der Waals surface area (Å²) in [5, 5.41) is 3.47. The van der Waals surface area contributed by atoms with Gasteiger partial charge in [-0.15, -0.1) is 0 Å². The molecule has 0 saturated carbocycles. The lowest BCUT2D eigenvalue weighted by Gasteiger charge is -2.33. The molecule has 2 aromatic carbocycles. The zero-order valence-electron chi connectivity index (χ0n) is 24.7. The van der Waals surface area contributed by atoms with Gasteiger partial charge < -0.3 is 34.1 Å². The topological polar surface area (TPSA) is 89.6 Å². The first kappa shape index (κ1) is 31.4. The van der Waals surface area contributed by atoms with Gasteiger partial charge in [-0.1, -0.05) is 30.3 Å². The average Bonchev–Trinajstić information content (AvgIpc) is 3.40. The highest BCUT2D eigenvalue weighted by Gasteiger charge is 2.34. The maximum absolute atomic E-state index is 13.7. The van der Waals surface area contributed by atoms with Crippen molar-refractivity contribution >= 4 is 11.8 Å². The first-order valence-electron chi connectivity index (χ1n) is 13.9. The van der Waals surface area contributed by atoms with Crippen LogP contribution in [-0.2, 0) is 14.3 Å². The Morgan fingerprint density at radius 2 is 1.65 bits per heavy atom. The highest BCUT2D eigenvalue weighted by Crippen LogP contribution is 2.30. The Bertz CT molecular complexity index is 1080. The molecule has 40 heavy (non-hydrogen) atoms. The van der Waals surface area contributed by atoms with Gasteiger partial charge in [0.2, 0.25) is 0 Å². The normalized spacial score (nSPS) is 17.5. The number of nitrogens with one attached hydrogen (secondary N) is 1. The van der Waals surface area contributed by atoms with Crippen molar-refractivity contribution < 1.29 is 28.5 Å². The van der Waals surface area contributed by atoms with Crippen LogP contribution in [0.1, 0.15) is 42.3 Å². The molecular formula is C31H45N3O6. The van der Waals surface area contributed by atoms with E-state index in [0.29, 0.717) is 43.4 Å². The third kappa shape index (κ3) is 8.19. The maximum atomic E-state index is 13.7. The van der Waals surface area contributed by atoms with E-state index in [4.69, 9.17) is 18.9 Å². The summed E-state index contributed by atoms with van der Waals surface area (Å²) in [4.78, 5) is 30.7. The van der Waals surface area contributed by atoms with Gasteiger partial charge >= 0.3 is 0 Å². The van der Waals surface area contributed by atoms with Crippen LogP contribution in [0.15, 0.2) is 48.5 Å². The second-order valence-electron chi connectivity index (χ2n) is 10.5. The Morgan fingerprint density at radius 3 is 2.27 bits per heavy atom. The molecule has 0 radical (unpaired) electrons. The van der Waals surface area contributed by atoms with Gasteiger partial charge in [-0.2, -0.15) is 0 Å². The van der Waals surface area contributed by atoms with Crippen LogP contribution in [0.5, 0.6) is 11.5 Å². The van der Waals surface area contributed by atoms with Crippen molar-refractivity contribution in [3.05, 3.63) is 59.7 Å². The Balaban J connectivity index is 1.69. The monoisotopic (exact) mass is 555 g/mol. The van der Waals surface area contributed by atoms with Gasteiger partial charge in [0.15, 0.2) is 17.6 Å². The Labute approximate surface area is 238 Å². The van der Waals surface area contributed by atoms with E-state index in [9.17, 15) is 9.59 Å². The molecular weight excluding hydrogens is 510 g/mol. The molecule has 0 unspecified atom stereocenters. The molecule has 1 aliphatic rings. The van der Waals surface area contributed by atoms with Crippen molar-refractivity contribution in [3.8, 4) is 11.5 Å². The Kier molecular flexibility index (Phi) is 12.2. The smallest absolute Gasteiger partial charge is 0.256 e. The predicted octanol–water partition coefficient (Wildman–Crippen LogP) is 3.64. The highest BCUT2D eigenvalue weighted by molar-refractivity contribution is 5.95. The van der Waals surface area contributed by atoms with Crippen molar-refractivity contribution in [2.24, 2.45) is 11.8 Å². The molecule has 1 N–H and O–H groups in total. The minimum atomic E-state index is -0.645. The average molecular weight is 556 g/mol. The van der Waals surface area contributed by atoms with Crippen LogP contribution in [0.3, 0.4) is 0 Å². The molecule has 220 valence electrons. The molecule has 0 aliphatic carbocycles. The molecule has 2 amide bonds. The van der Waals surface area contributed by atoms with Gasteiger partial charge in [0.05, 0.1) is 13.7 Å². The molecule has 1 aliphatic heterocycles. The summed E-state index contributed by atoms with van der Waals surface area (Å²) in [6, 6.07) is 14.9. The lowest BCUT2D eigenvalue weighted by atomic mass is 9.93. The summed E-state index contributed by atoms with van der Waals surface area (Å²) in [5.74, 6) is 1.39. The summed E-state index contributed by atoms with van der Waals surface area (Å²) in [5.41, 5.74) is 1.39. The lowest BCUT2D eigenvalue weighted by molar-refractivity contribution is -0.141. The fourth-order valence-corrected chi connectivity index (χ4v) is 5.12. The number of rotatable bonds is 15. The molecule has 9 nitrogen and oxygen atoms in total. The quantitative estimate of drug-likeness (QED) is 0.336. The third-order valence-corrected chi connectivity index (χ3v) is 7.40. The van der Waals surface area contributed by atoms with Crippen LogP contribution in [0.4, 0.5) is 0 Å². The van der Waals surface area contributed by atoms with E-state index in [1.165, 1.54) is 0 Å². The number of ether oxygens (including phenoxy) is 4. The minimum Gasteiger partial charge on any atom is -0.493 e. The van der Waals surface area contributed by atoms with Gasteiger partial charge in [-0.25, -0.2) is 0 Å². The summed E-state index contributed by atoms with van der Waals surface area (Å²) < 4.78 is 22.0. The molecule has 1 fully saturated rings. The maximum Gasteiger partial charge on any atom is 0.256 e. The highest BCUT2D eigenvalue weighted by atomic mass is 16.5. The van der Waals surface area contributed by atoms with Gasteiger partial charge in [0.25, 0.3) is 11.8 Å².